The molecule has 0 spiro atoms. The van der Waals surface area contributed by atoms with Crippen LogP contribution >= 0.6 is 0 Å². The van der Waals surface area contributed by atoms with E-state index in [1.54, 1.807) is 35.2 Å². The van der Waals surface area contributed by atoms with Gasteiger partial charge in [0.2, 0.25) is 11.8 Å². The Morgan fingerprint density at radius 1 is 1.26 bits per heavy atom. The molecule has 6 nitrogen and oxygen atoms in total. The monoisotopic (exact) mass is 316 g/mol. The fraction of sp³-hybridized carbons (Fsp3) is 0.471. The maximum atomic E-state index is 12.4. The van der Waals surface area contributed by atoms with Crippen molar-refractivity contribution in [1.82, 2.24) is 10.2 Å². The van der Waals surface area contributed by atoms with Crippen LogP contribution < -0.4 is 5.32 Å². The minimum atomic E-state index is -1.11. The smallest absolute Gasteiger partial charge is 0.330 e. The van der Waals surface area contributed by atoms with Gasteiger partial charge in [0.1, 0.15) is 0 Å². The molecule has 1 saturated heterocycles. The first kappa shape index (κ1) is 15.5. The Morgan fingerprint density at radius 2 is 1.96 bits per heavy atom. The van der Waals surface area contributed by atoms with E-state index in [2.05, 4.69) is 5.32 Å². The first-order valence-electron chi connectivity index (χ1n) is 7.90. The highest BCUT2D eigenvalue weighted by atomic mass is 16.4. The highest BCUT2D eigenvalue weighted by Crippen LogP contribution is 2.32. The zero-order chi connectivity index (χ0) is 16.4. The van der Waals surface area contributed by atoms with Gasteiger partial charge in [0, 0.05) is 19.5 Å². The summed E-state index contributed by atoms with van der Waals surface area (Å²) in [4.78, 5) is 37.5. The third-order valence-electron chi connectivity index (χ3n) is 4.43. The van der Waals surface area contributed by atoms with Gasteiger partial charge < -0.3 is 15.3 Å². The molecule has 2 atom stereocenters. The number of nitrogens with one attached hydrogen (secondary N) is 1. The van der Waals surface area contributed by atoms with E-state index < -0.39 is 17.9 Å². The molecule has 1 aromatic carbocycles. The van der Waals surface area contributed by atoms with Gasteiger partial charge in [-0.2, -0.15) is 0 Å². The summed E-state index contributed by atoms with van der Waals surface area (Å²) in [5.41, 5.74) is 0.521. The van der Waals surface area contributed by atoms with E-state index in [-0.39, 0.29) is 18.2 Å². The number of carboxylic acids is 1. The molecule has 0 radical (unpaired) electrons. The lowest BCUT2D eigenvalue weighted by Crippen LogP contribution is -2.38. The summed E-state index contributed by atoms with van der Waals surface area (Å²) in [5.74, 6) is -1.37. The molecule has 1 unspecified atom stereocenters. The van der Waals surface area contributed by atoms with Gasteiger partial charge in [-0.25, -0.2) is 4.79 Å². The van der Waals surface area contributed by atoms with E-state index in [4.69, 9.17) is 0 Å². The molecule has 2 amide bonds. The van der Waals surface area contributed by atoms with Crippen LogP contribution in [0.1, 0.15) is 30.9 Å². The van der Waals surface area contributed by atoms with Crippen LogP contribution in [0.15, 0.2) is 30.3 Å². The molecule has 2 N–H and O–H groups in total. The normalized spacial score (nSPS) is 22.0. The summed E-state index contributed by atoms with van der Waals surface area (Å²) in [6, 6.07) is 7.49. The average molecular weight is 316 g/mol. The van der Waals surface area contributed by atoms with Crippen LogP contribution in [0.5, 0.6) is 0 Å². The number of hydrogen-bond acceptors (Lipinski definition) is 3. The molecule has 122 valence electrons. The molecule has 0 bridgehead atoms. The van der Waals surface area contributed by atoms with Gasteiger partial charge in [0.05, 0.1) is 5.92 Å². The van der Waals surface area contributed by atoms with Crippen LogP contribution in [0.3, 0.4) is 0 Å². The topological polar surface area (TPSA) is 86.7 Å². The molecule has 2 fully saturated rings. The van der Waals surface area contributed by atoms with Crippen LogP contribution in [-0.4, -0.2) is 40.9 Å². The first-order valence-corrected chi connectivity index (χ1v) is 7.90. The number of rotatable bonds is 6. The minimum absolute atomic E-state index is 0.0105. The predicted octanol–water partition coefficient (Wildman–Crippen LogP) is 1.19. The Bertz CT molecular complexity index is 612. The van der Waals surface area contributed by atoms with Crippen LogP contribution in [-0.2, 0) is 14.4 Å². The number of hydrogen-bond donors (Lipinski definition) is 2. The molecule has 23 heavy (non-hydrogen) atoms. The fourth-order valence-electron chi connectivity index (χ4n) is 2.93. The van der Waals surface area contributed by atoms with E-state index in [1.807, 2.05) is 0 Å². The lowest BCUT2D eigenvalue weighted by atomic mass is 10.0. The quantitative estimate of drug-likeness (QED) is 0.825. The predicted molar refractivity (Wildman–Crippen MR) is 82.4 cm³/mol. The van der Waals surface area contributed by atoms with E-state index in [1.165, 1.54) is 0 Å². The highest BCUT2D eigenvalue weighted by Gasteiger charge is 2.38. The van der Waals surface area contributed by atoms with Crippen molar-refractivity contribution in [2.24, 2.45) is 11.8 Å². The van der Waals surface area contributed by atoms with Crippen molar-refractivity contribution in [2.45, 2.75) is 25.3 Å². The Labute approximate surface area is 134 Å². The highest BCUT2D eigenvalue weighted by molar-refractivity contribution is 5.91. The molecule has 2 aliphatic rings. The molecule has 1 aliphatic heterocycles. The number of carbonyl (C=O) groups is 3. The largest absolute Gasteiger partial charge is 0.479 e. The van der Waals surface area contributed by atoms with E-state index in [9.17, 15) is 19.5 Å². The zero-order valence-electron chi connectivity index (χ0n) is 12.8. The molecular weight excluding hydrogens is 296 g/mol. The molecule has 1 heterocycles. The minimum Gasteiger partial charge on any atom is -0.479 e. The number of likely N-dealkylation sites (tertiary alicyclic amines) is 1. The number of aliphatic carboxylic acids is 1. The Hall–Kier alpha value is -2.37. The Kier molecular flexibility index (Phi) is 4.32. The van der Waals surface area contributed by atoms with Gasteiger partial charge in [-0.1, -0.05) is 30.3 Å². The standard InChI is InChI=1S/C17H20N2O4/c20-14-8-13(10-19(14)9-11-6-7-11)16(21)18-15(17(22)23)12-4-2-1-3-5-12/h1-5,11,13,15H,6-10H2,(H,18,21)(H,22,23)/t13?,15-/m0/s1. The molecule has 1 saturated carbocycles. The van der Waals surface area contributed by atoms with E-state index >= 15 is 0 Å². The van der Waals surface area contributed by atoms with Crippen molar-refractivity contribution < 1.29 is 19.5 Å². The SMILES string of the molecule is O=C(N[C@H](C(=O)O)c1ccccc1)C1CC(=O)N(CC2CC2)C1. The van der Waals surface area contributed by atoms with Crippen molar-refractivity contribution in [2.75, 3.05) is 13.1 Å². The second kappa shape index (κ2) is 6.40. The van der Waals surface area contributed by atoms with Crippen molar-refractivity contribution in [3.05, 3.63) is 35.9 Å². The molecule has 3 rings (SSSR count). The Morgan fingerprint density at radius 3 is 2.57 bits per heavy atom. The van der Waals surface area contributed by atoms with E-state index in [0.717, 1.165) is 19.4 Å². The van der Waals surface area contributed by atoms with Gasteiger partial charge in [0.15, 0.2) is 6.04 Å². The maximum absolute atomic E-state index is 12.4. The molecule has 6 heteroatoms. The lowest BCUT2D eigenvalue weighted by Gasteiger charge is -2.18. The second-order valence-corrected chi connectivity index (χ2v) is 6.33. The van der Waals surface area contributed by atoms with Gasteiger partial charge in [-0.3, -0.25) is 9.59 Å². The van der Waals surface area contributed by atoms with Crippen molar-refractivity contribution in [3.8, 4) is 0 Å². The summed E-state index contributed by atoms with van der Waals surface area (Å²) in [7, 11) is 0. The van der Waals surface area contributed by atoms with Gasteiger partial charge in [-0.15, -0.1) is 0 Å². The van der Waals surface area contributed by atoms with Crippen molar-refractivity contribution in [3.63, 3.8) is 0 Å². The Balaban J connectivity index is 1.63. The summed E-state index contributed by atoms with van der Waals surface area (Å²) in [6.07, 6.45) is 2.46. The van der Waals surface area contributed by atoms with Crippen LogP contribution in [0.4, 0.5) is 0 Å². The summed E-state index contributed by atoms with van der Waals surface area (Å²) < 4.78 is 0. The van der Waals surface area contributed by atoms with Crippen LogP contribution in [0.2, 0.25) is 0 Å². The maximum Gasteiger partial charge on any atom is 0.330 e. The van der Waals surface area contributed by atoms with Gasteiger partial charge >= 0.3 is 5.97 Å². The number of carbonyl (C=O) groups excluding carboxylic acids is 2. The molecule has 1 aromatic rings. The number of benzene rings is 1. The van der Waals surface area contributed by atoms with Crippen LogP contribution in [0.25, 0.3) is 0 Å². The van der Waals surface area contributed by atoms with E-state index in [0.29, 0.717) is 18.0 Å². The van der Waals surface area contributed by atoms with Crippen molar-refractivity contribution >= 4 is 17.8 Å². The first-order chi connectivity index (χ1) is 11.0. The third-order valence-corrected chi connectivity index (χ3v) is 4.43. The number of carboxylic acid groups (broad SMARTS) is 1. The van der Waals surface area contributed by atoms with Crippen LogP contribution in [0, 0.1) is 11.8 Å². The zero-order valence-corrected chi connectivity index (χ0v) is 12.8. The lowest BCUT2D eigenvalue weighted by molar-refractivity contribution is -0.142. The molecule has 0 aromatic heterocycles. The molecule has 1 aliphatic carbocycles. The van der Waals surface area contributed by atoms with Gasteiger partial charge in [0.25, 0.3) is 0 Å². The summed E-state index contributed by atoms with van der Waals surface area (Å²) in [6.45, 7) is 1.12. The van der Waals surface area contributed by atoms with Gasteiger partial charge in [-0.05, 0) is 24.3 Å². The summed E-state index contributed by atoms with van der Waals surface area (Å²) in [5, 5.41) is 11.9. The second-order valence-electron chi connectivity index (χ2n) is 6.33. The van der Waals surface area contributed by atoms with Crippen molar-refractivity contribution in [1.29, 1.82) is 0 Å². The average Bonchev–Trinajstić information content (AvgIpc) is 3.28. The fourth-order valence-corrected chi connectivity index (χ4v) is 2.93. The number of amides is 2. The third kappa shape index (κ3) is 3.70. The molecular formula is C17H20N2O4. The number of nitrogens with zero attached hydrogens (tertiary/aromatic N) is 1. The summed E-state index contributed by atoms with van der Waals surface area (Å²) >= 11 is 0.